The van der Waals surface area contributed by atoms with Crippen molar-refractivity contribution in [1.29, 1.82) is 0 Å². The molecule has 1 heterocycles. The molecule has 0 radical (unpaired) electrons. The first-order valence-corrected chi connectivity index (χ1v) is 12.8. The lowest BCUT2D eigenvalue weighted by Crippen LogP contribution is -2.24. The molecule has 0 aromatic heterocycles. The maximum absolute atomic E-state index is 12.8. The van der Waals surface area contributed by atoms with Gasteiger partial charge in [-0.25, -0.2) is 0 Å². The summed E-state index contributed by atoms with van der Waals surface area (Å²) in [5, 5.41) is 22.1. The molecule has 0 saturated carbocycles. The lowest BCUT2D eigenvalue weighted by molar-refractivity contribution is -0.385. The van der Waals surface area contributed by atoms with E-state index < -0.39 is 15.0 Å². The maximum atomic E-state index is 12.8. The molecule has 2 aromatic carbocycles. The second-order valence-electron chi connectivity index (χ2n) is 7.67. The van der Waals surface area contributed by atoms with Gasteiger partial charge < -0.3 is 9.50 Å². The van der Waals surface area contributed by atoms with Crippen molar-refractivity contribution in [2.24, 2.45) is 10.2 Å². The van der Waals surface area contributed by atoms with Crippen LogP contribution in [0.5, 0.6) is 5.75 Å². The number of nitrogens with one attached hydrogen (secondary N) is 1. The molecule has 34 heavy (non-hydrogen) atoms. The fourth-order valence-electron chi connectivity index (χ4n) is 3.13. The molecule has 1 fully saturated rings. The highest BCUT2D eigenvalue weighted by molar-refractivity contribution is 8.15. The minimum Gasteiger partial charge on any atom is -0.378 e. The normalized spacial score (nSPS) is 17.3. The lowest BCUT2D eigenvalue weighted by Gasteiger charge is -2.10. The molecule has 0 aliphatic carbocycles. The number of nitro groups is 1. The molecule has 2 aromatic rings. The zero-order valence-corrected chi connectivity index (χ0v) is 20.5. The van der Waals surface area contributed by atoms with E-state index in [4.69, 9.17) is 4.18 Å². The summed E-state index contributed by atoms with van der Waals surface area (Å²) in [6, 6.07) is 8.36. The smallest absolute Gasteiger partial charge is 0.339 e. The van der Waals surface area contributed by atoms with E-state index in [0.717, 1.165) is 30.9 Å². The van der Waals surface area contributed by atoms with Crippen molar-refractivity contribution >= 4 is 44.9 Å². The number of amides is 1. The predicted molar refractivity (Wildman–Crippen MR) is 131 cm³/mol. The molecule has 0 bridgehead atoms. The largest absolute Gasteiger partial charge is 0.378 e. The van der Waals surface area contributed by atoms with Crippen molar-refractivity contribution in [1.82, 2.24) is 5.32 Å². The van der Waals surface area contributed by atoms with Crippen molar-refractivity contribution in [3.8, 4) is 5.75 Å². The van der Waals surface area contributed by atoms with Gasteiger partial charge in [0.2, 0.25) is 5.91 Å². The zero-order chi connectivity index (χ0) is 24.9. The van der Waals surface area contributed by atoms with Gasteiger partial charge in [0.05, 0.1) is 16.4 Å². The Morgan fingerprint density at radius 2 is 2.00 bits per heavy atom. The fourth-order valence-corrected chi connectivity index (χ4v) is 5.08. The summed E-state index contributed by atoms with van der Waals surface area (Å²) in [4.78, 5) is 22.2. The standard InChI is InChI=1S/C22H24N4O6S2/c1-4-5-6-20-21(27)24-22(33-20)25-23-13-16-11-14(2)7-10-19(16)32-34(30,31)17-9-8-15(3)18(12-17)26(28)29/h7-13,20H,4-6H2,1-3H3,(H,24,25,27). The van der Waals surface area contributed by atoms with Gasteiger partial charge in [-0.3, -0.25) is 14.9 Å². The van der Waals surface area contributed by atoms with E-state index in [2.05, 4.69) is 22.4 Å². The first-order chi connectivity index (χ1) is 16.1. The summed E-state index contributed by atoms with van der Waals surface area (Å²) >= 11 is 1.31. The van der Waals surface area contributed by atoms with Gasteiger partial charge >= 0.3 is 10.1 Å². The highest BCUT2D eigenvalue weighted by atomic mass is 32.2. The van der Waals surface area contributed by atoms with Gasteiger partial charge in [0.25, 0.3) is 5.69 Å². The van der Waals surface area contributed by atoms with Crippen LogP contribution in [0.15, 0.2) is 51.5 Å². The van der Waals surface area contributed by atoms with E-state index in [-0.39, 0.29) is 27.5 Å². The second kappa shape index (κ2) is 10.8. The monoisotopic (exact) mass is 504 g/mol. The Labute approximate surface area is 201 Å². The SMILES string of the molecule is CCCCC1SC(=NN=Cc2cc(C)ccc2OS(=O)(=O)c2ccc(C)c([N+](=O)[O-])c2)NC1=O. The molecule has 1 N–H and O–H groups in total. The maximum Gasteiger partial charge on any atom is 0.339 e. The molecule has 3 rings (SSSR count). The summed E-state index contributed by atoms with van der Waals surface area (Å²) in [6.07, 6.45) is 4.00. The van der Waals surface area contributed by atoms with Crippen LogP contribution in [0.3, 0.4) is 0 Å². The molecule has 1 amide bonds. The molecule has 180 valence electrons. The van der Waals surface area contributed by atoms with E-state index in [1.807, 2.05) is 6.92 Å². The van der Waals surface area contributed by atoms with Crippen molar-refractivity contribution in [2.75, 3.05) is 0 Å². The van der Waals surface area contributed by atoms with Crippen LogP contribution < -0.4 is 9.50 Å². The number of carbonyl (C=O) groups excluding carboxylic acids is 1. The Morgan fingerprint density at radius 3 is 2.71 bits per heavy atom. The molecule has 1 saturated heterocycles. The van der Waals surface area contributed by atoms with Crippen LogP contribution in [0.25, 0.3) is 0 Å². The van der Waals surface area contributed by atoms with Gasteiger partial charge in [-0.2, -0.15) is 13.5 Å². The third-order valence-electron chi connectivity index (χ3n) is 4.97. The Bertz CT molecular complexity index is 1270. The van der Waals surface area contributed by atoms with Crippen LogP contribution in [-0.4, -0.2) is 35.9 Å². The number of rotatable bonds is 9. The molecule has 1 aliphatic rings. The van der Waals surface area contributed by atoms with Crippen LogP contribution in [0.2, 0.25) is 0 Å². The average Bonchev–Trinajstić information content (AvgIpc) is 3.13. The first-order valence-electron chi connectivity index (χ1n) is 10.5. The number of unbranched alkanes of at least 4 members (excludes halogenated alkanes) is 1. The van der Waals surface area contributed by atoms with E-state index in [9.17, 15) is 23.3 Å². The number of amidine groups is 1. The third-order valence-corrected chi connectivity index (χ3v) is 7.34. The number of hydrogen-bond donors (Lipinski definition) is 1. The number of nitrogens with zero attached hydrogens (tertiary/aromatic N) is 3. The van der Waals surface area contributed by atoms with Gasteiger partial charge in [0, 0.05) is 17.2 Å². The Balaban J connectivity index is 1.82. The van der Waals surface area contributed by atoms with Gasteiger partial charge in [0.1, 0.15) is 4.90 Å². The minimum atomic E-state index is -4.35. The minimum absolute atomic E-state index is 0.0123. The molecule has 12 heteroatoms. The predicted octanol–water partition coefficient (Wildman–Crippen LogP) is 4.09. The number of carbonyl (C=O) groups is 1. The number of aryl methyl sites for hydroxylation is 2. The van der Waals surface area contributed by atoms with Crippen LogP contribution >= 0.6 is 11.8 Å². The lowest BCUT2D eigenvalue weighted by atomic mass is 10.1. The van der Waals surface area contributed by atoms with Gasteiger partial charge in [0.15, 0.2) is 10.9 Å². The van der Waals surface area contributed by atoms with Crippen LogP contribution in [0.4, 0.5) is 5.69 Å². The zero-order valence-electron chi connectivity index (χ0n) is 18.8. The van der Waals surface area contributed by atoms with Gasteiger partial charge in [-0.15, -0.1) is 5.10 Å². The molecule has 1 atom stereocenters. The Kier molecular flexibility index (Phi) is 8.05. The highest BCUT2D eigenvalue weighted by Crippen LogP contribution is 2.27. The molecular weight excluding hydrogens is 480 g/mol. The topological polar surface area (TPSA) is 140 Å². The summed E-state index contributed by atoms with van der Waals surface area (Å²) in [6.45, 7) is 5.39. The van der Waals surface area contributed by atoms with Gasteiger partial charge in [-0.1, -0.05) is 49.2 Å². The van der Waals surface area contributed by atoms with Crippen molar-refractivity contribution < 1.29 is 22.3 Å². The number of hydrogen-bond acceptors (Lipinski definition) is 9. The van der Waals surface area contributed by atoms with E-state index >= 15 is 0 Å². The first kappa shape index (κ1) is 25.4. The number of nitro benzene ring substituents is 1. The molecule has 1 unspecified atom stereocenters. The molecule has 10 nitrogen and oxygen atoms in total. The summed E-state index contributed by atoms with van der Waals surface area (Å²) in [5.41, 5.74) is 1.18. The summed E-state index contributed by atoms with van der Waals surface area (Å²) in [7, 11) is -4.35. The van der Waals surface area contributed by atoms with Crippen molar-refractivity contribution in [2.45, 2.75) is 50.2 Å². The van der Waals surface area contributed by atoms with E-state index in [1.165, 1.54) is 43.1 Å². The number of benzene rings is 2. The van der Waals surface area contributed by atoms with Crippen LogP contribution in [0, 0.1) is 24.0 Å². The third kappa shape index (κ3) is 6.20. The van der Waals surface area contributed by atoms with Gasteiger partial charge in [-0.05, 0) is 38.5 Å². The van der Waals surface area contributed by atoms with E-state index in [1.54, 1.807) is 12.1 Å². The number of thioether (sulfide) groups is 1. The second-order valence-corrected chi connectivity index (χ2v) is 10.4. The van der Waals surface area contributed by atoms with Crippen LogP contribution in [0.1, 0.15) is 42.9 Å². The summed E-state index contributed by atoms with van der Waals surface area (Å²) in [5.74, 6) is -0.119. The quantitative estimate of drug-likeness (QED) is 0.235. The summed E-state index contributed by atoms with van der Waals surface area (Å²) < 4.78 is 30.9. The Hall–Kier alpha value is -3.25. The Morgan fingerprint density at radius 1 is 1.24 bits per heavy atom. The van der Waals surface area contributed by atoms with Crippen LogP contribution in [-0.2, 0) is 14.9 Å². The van der Waals surface area contributed by atoms with Crippen molar-refractivity contribution in [3.63, 3.8) is 0 Å². The molecule has 0 spiro atoms. The molecular formula is C22H24N4O6S2. The average molecular weight is 505 g/mol. The van der Waals surface area contributed by atoms with E-state index in [0.29, 0.717) is 16.3 Å². The fraction of sp³-hybridized carbons (Fsp3) is 0.318. The van der Waals surface area contributed by atoms with Crippen molar-refractivity contribution in [3.05, 3.63) is 63.2 Å². The highest BCUT2D eigenvalue weighted by Gasteiger charge is 2.29. The molecule has 1 aliphatic heterocycles.